The number of anilines is 2. The van der Waals surface area contributed by atoms with Gasteiger partial charge >= 0.3 is 0 Å². The Bertz CT molecular complexity index is 751. The van der Waals surface area contributed by atoms with Crippen LogP contribution in [0.25, 0.3) is 0 Å². The molecule has 1 aromatic carbocycles. The van der Waals surface area contributed by atoms with Gasteiger partial charge in [-0.15, -0.1) is 12.4 Å². The van der Waals surface area contributed by atoms with Gasteiger partial charge in [-0.25, -0.2) is 12.8 Å². The minimum absolute atomic E-state index is 0. The van der Waals surface area contributed by atoms with Gasteiger partial charge in [0.2, 0.25) is 15.9 Å². The first-order valence-corrected chi connectivity index (χ1v) is 9.83. The highest BCUT2D eigenvalue weighted by atomic mass is 35.5. The van der Waals surface area contributed by atoms with Crippen LogP contribution in [0.4, 0.5) is 15.8 Å². The predicted octanol–water partition coefficient (Wildman–Crippen LogP) is 2.39. The van der Waals surface area contributed by atoms with Crippen molar-refractivity contribution < 1.29 is 17.6 Å². The van der Waals surface area contributed by atoms with Gasteiger partial charge in [-0.3, -0.25) is 9.10 Å². The molecule has 0 atom stereocenters. The van der Waals surface area contributed by atoms with Gasteiger partial charge in [0.1, 0.15) is 5.82 Å². The molecule has 1 aliphatic heterocycles. The van der Waals surface area contributed by atoms with E-state index in [4.69, 9.17) is 5.73 Å². The molecule has 25 heavy (non-hydrogen) atoms. The summed E-state index contributed by atoms with van der Waals surface area (Å²) in [4.78, 5) is 12.5. The minimum atomic E-state index is -3.48. The first kappa shape index (κ1) is 19.9. The Labute approximate surface area is 153 Å². The van der Waals surface area contributed by atoms with Crippen molar-refractivity contribution in [3.05, 3.63) is 24.0 Å². The maximum absolute atomic E-state index is 14.1. The van der Waals surface area contributed by atoms with E-state index in [2.05, 4.69) is 5.32 Å². The van der Waals surface area contributed by atoms with Gasteiger partial charge in [-0.05, 0) is 37.5 Å². The minimum Gasteiger partial charge on any atom is -0.324 e. The average Bonchev–Trinajstić information content (AvgIpc) is 2.89. The van der Waals surface area contributed by atoms with E-state index in [1.807, 2.05) is 0 Å². The second kappa shape index (κ2) is 7.47. The molecule has 3 rings (SSSR count). The summed E-state index contributed by atoms with van der Waals surface area (Å²) in [6, 6.07) is 3.96. The van der Waals surface area contributed by atoms with Crippen LogP contribution in [0, 0.1) is 5.82 Å². The summed E-state index contributed by atoms with van der Waals surface area (Å²) in [5, 5.41) is 2.72. The third kappa shape index (κ3) is 4.07. The summed E-state index contributed by atoms with van der Waals surface area (Å²) >= 11 is 0. The van der Waals surface area contributed by atoms with Gasteiger partial charge < -0.3 is 11.1 Å². The molecule has 1 amide bonds. The maximum Gasteiger partial charge on any atom is 0.244 e. The number of benzene rings is 1. The van der Waals surface area contributed by atoms with Crippen molar-refractivity contribution in [3.8, 4) is 0 Å². The van der Waals surface area contributed by atoms with Crippen LogP contribution >= 0.6 is 12.4 Å². The Morgan fingerprint density at radius 1 is 1.20 bits per heavy atom. The molecule has 1 saturated carbocycles. The van der Waals surface area contributed by atoms with E-state index in [9.17, 15) is 17.6 Å². The summed E-state index contributed by atoms with van der Waals surface area (Å²) in [6.45, 7) is 0.247. The van der Waals surface area contributed by atoms with E-state index in [1.54, 1.807) is 0 Å². The summed E-state index contributed by atoms with van der Waals surface area (Å²) < 4.78 is 39.2. The van der Waals surface area contributed by atoms with Gasteiger partial charge in [0.05, 0.1) is 17.0 Å². The molecule has 1 aromatic rings. The monoisotopic (exact) mass is 391 g/mol. The third-order valence-electron chi connectivity index (χ3n) is 4.77. The first-order chi connectivity index (χ1) is 11.3. The van der Waals surface area contributed by atoms with Gasteiger partial charge in [0, 0.05) is 12.2 Å². The van der Waals surface area contributed by atoms with Crippen molar-refractivity contribution in [2.75, 3.05) is 21.9 Å². The van der Waals surface area contributed by atoms with Crippen molar-refractivity contribution in [2.24, 2.45) is 5.73 Å². The largest absolute Gasteiger partial charge is 0.324 e. The number of hydrogen-bond acceptors (Lipinski definition) is 4. The Hall–Kier alpha value is -1.38. The number of nitrogens with two attached hydrogens (primary N) is 1. The normalized spacial score (nSPS) is 21.4. The van der Waals surface area contributed by atoms with Crippen molar-refractivity contribution in [1.29, 1.82) is 0 Å². The van der Waals surface area contributed by atoms with Crippen LogP contribution in [-0.4, -0.2) is 32.2 Å². The highest BCUT2D eigenvalue weighted by molar-refractivity contribution is 7.93. The molecule has 3 N–H and O–H groups in total. The molecule has 2 aliphatic rings. The Kier molecular flexibility index (Phi) is 5.96. The fraction of sp³-hybridized carbons (Fsp3) is 0.562. The van der Waals surface area contributed by atoms with E-state index in [1.165, 1.54) is 18.2 Å². The number of sulfonamides is 1. The number of amides is 1. The van der Waals surface area contributed by atoms with Crippen molar-refractivity contribution >= 4 is 39.7 Å². The lowest BCUT2D eigenvalue weighted by Gasteiger charge is -2.31. The van der Waals surface area contributed by atoms with Crippen molar-refractivity contribution in [1.82, 2.24) is 0 Å². The van der Waals surface area contributed by atoms with Crippen LogP contribution in [0.1, 0.15) is 38.5 Å². The highest BCUT2D eigenvalue weighted by Gasteiger charge is 2.36. The molecule has 1 heterocycles. The number of carbonyl (C=O) groups excluding carboxylic acids is 1. The average molecular weight is 392 g/mol. The van der Waals surface area contributed by atoms with E-state index >= 15 is 0 Å². The Morgan fingerprint density at radius 2 is 1.88 bits per heavy atom. The number of rotatable bonds is 3. The summed E-state index contributed by atoms with van der Waals surface area (Å²) in [7, 11) is -3.48. The van der Waals surface area contributed by atoms with Crippen LogP contribution in [0.2, 0.25) is 0 Å². The third-order valence-corrected chi connectivity index (χ3v) is 6.63. The second-order valence-electron chi connectivity index (χ2n) is 6.58. The highest BCUT2D eigenvalue weighted by Crippen LogP contribution is 2.31. The van der Waals surface area contributed by atoms with E-state index < -0.39 is 21.4 Å². The van der Waals surface area contributed by atoms with Crippen molar-refractivity contribution in [2.45, 2.75) is 44.1 Å². The molecule has 6 nitrogen and oxygen atoms in total. The number of nitrogens with one attached hydrogen (secondary N) is 1. The van der Waals surface area contributed by atoms with Crippen LogP contribution in [-0.2, 0) is 14.8 Å². The second-order valence-corrected chi connectivity index (χ2v) is 8.59. The van der Waals surface area contributed by atoms with Crippen LogP contribution in [0.5, 0.6) is 0 Å². The van der Waals surface area contributed by atoms with Gasteiger partial charge in [0.15, 0.2) is 0 Å². The molecule has 0 unspecified atom stereocenters. The molecule has 1 aliphatic carbocycles. The molecule has 1 saturated heterocycles. The summed E-state index contributed by atoms with van der Waals surface area (Å²) in [6.07, 6.45) is 4.58. The quantitative estimate of drug-likeness (QED) is 0.827. The summed E-state index contributed by atoms with van der Waals surface area (Å²) in [5.41, 5.74) is 5.61. The summed E-state index contributed by atoms with van der Waals surface area (Å²) in [5.74, 6) is -0.919. The maximum atomic E-state index is 14.1. The van der Waals surface area contributed by atoms with Gasteiger partial charge in [-0.2, -0.15) is 0 Å². The zero-order valence-electron chi connectivity index (χ0n) is 13.8. The SMILES string of the molecule is Cl.NC1(C(=O)Nc2ccc(F)c(N3CCCS3(=O)=O)c2)CCCCC1. The first-order valence-electron chi connectivity index (χ1n) is 8.22. The predicted molar refractivity (Wildman–Crippen MR) is 98.0 cm³/mol. The molecule has 2 fully saturated rings. The zero-order valence-corrected chi connectivity index (χ0v) is 15.5. The molecule has 0 radical (unpaired) electrons. The fourth-order valence-corrected chi connectivity index (χ4v) is 4.92. The number of halogens is 2. The van der Waals surface area contributed by atoms with Crippen LogP contribution < -0.4 is 15.4 Å². The zero-order chi connectivity index (χ0) is 17.4. The lowest BCUT2D eigenvalue weighted by atomic mass is 9.82. The number of carbonyl (C=O) groups is 1. The lowest BCUT2D eigenvalue weighted by molar-refractivity contribution is -0.122. The Balaban J connectivity index is 0.00000225. The van der Waals surface area contributed by atoms with E-state index in [0.29, 0.717) is 24.9 Å². The smallest absolute Gasteiger partial charge is 0.244 e. The molecule has 0 spiro atoms. The van der Waals surface area contributed by atoms with Crippen LogP contribution in [0.15, 0.2) is 18.2 Å². The van der Waals surface area contributed by atoms with E-state index in [-0.39, 0.29) is 36.3 Å². The van der Waals surface area contributed by atoms with Crippen molar-refractivity contribution in [3.63, 3.8) is 0 Å². The lowest BCUT2D eigenvalue weighted by Crippen LogP contribution is -2.52. The fourth-order valence-electron chi connectivity index (χ4n) is 3.36. The molecular formula is C16H23ClFN3O3S. The standard InChI is InChI=1S/C16H22FN3O3S.ClH/c17-13-6-5-12(11-14(13)20-9-4-10-24(20,22)23)19-15(21)16(18)7-2-1-3-8-16;/h5-6,11H,1-4,7-10,18H2,(H,19,21);1H. The van der Waals surface area contributed by atoms with Gasteiger partial charge in [0.25, 0.3) is 0 Å². The number of hydrogen-bond donors (Lipinski definition) is 2. The van der Waals surface area contributed by atoms with Crippen LogP contribution in [0.3, 0.4) is 0 Å². The Morgan fingerprint density at radius 3 is 2.48 bits per heavy atom. The molecule has 0 bridgehead atoms. The number of nitrogens with zero attached hydrogens (tertiary/aromatic N) is 1. The molecule has 140 valence electrons. The molecule has 0 aromatic heterocycles. The van der Waals surface area contributed by atoms with Gasteiger partial charge in [-0.1, -0.05) is 19.3 Å². The molecular weight excluding hydrogens is 369 g/mol. The molecule has 9 heteroatoms. The topological polar surface area (TPSA) is 92.5 Å². The van der Waals surface area contributed by atoms with E-state index in [0.717, 1.165) is 23.6 Å².